The number of piperazine rings is 1. The normalized spacial score (nSPS) is 15.9. The standard InChI is InChI=1S/C16H20F2N2O2/c1-16(2,3)15(22)20-9-7-19(8-10-20)14(21)13-11(17)5-4-6-12(13)18/h4-6H,7-10H2,1-3H3. The Kier molecular flexibility index (Phi) is 4.49. The fourth-order valence-corrected chi connectivity index (χ4v) is 2.45. The maximum atomic E-state index is 13.7. The molecule has 1 heterocycles. The Balaban J connectivity index is 2.06. The molecule has 0 aliphatic carbocycles. The molecule has 0 atom stereocenters. The molecule has 1 aromatic carbocycles. The minimum Gasteiger partial charge on any atom is -0.339 e. The van der Waals surface area contributed by atoms with E-state index in [0.29, 0.717) is 13.1 Å². The number of carbonyl (C=O) groups excluding carboxylic acids is 2. The number of nitrogens with zero attached hydrogens (tertiary/aromatic N) is 2. The van der Waals surface area contributed by atoms with E-state index in [9.17, 15) is 18.4 Å². The van der Waals surface area contributed by atoms with Crippen LogP contribution < -0.4 is 0 Å². The molecule has 0 spiro atoms. The summed E-state index contributed by atoms with van der Waals surface area (Å²) in [5.41, 5.74) is -1.01. The van der Waals surface area contributed by atoms with Crippen LogP contribution in [0.1, 0.15) is 31.1 Å². The van der Waals surface area contributed by atoms with E-state index in [1.165, 1.54) is 11.0 Å². The van der Waals surface area contributed by atoms with Crippen molar-refractivity contribution in [3.05, 3.63) is 35.4 Å². The first kappa shape index (κ1) is 16.4. The predicted molar refractivity (Wildman–Crippen MR) is 78.3 cm³/mol. The molecule has 0 radical (unpaired) electrons. The second-order valence-corrected chi connectivity index (χ2v) is 6.43. The van der Waals surface area contributed by atoms with Crippen LogP contribution in [0.3, 0.4) is 0 Å². The van der Waals surface area contributed by atoms with Crippen LogP contribution in [-0.4, -0.2) is 47.8 Å². The van der Waals surface area contributed by atoms with E-state index in [4.69, 9.17) is 0 Å². The van der Waals surface area contributed by atoms with Crippen molar-refractivity contribution < 1.29 is 18.4 Å². The molecule has 2 rings (SSSR count). The van der Waals surface area contributed by atoms with Gasteiger partial charge in [-0.3, -0.25) is 9.59 Å². The first-order valence-corrected chi connectivity index (χ1v) is 7.24. The Morgan fingerprint density at radius 3 is 1.86 bits per heavy atom. The van der Waals surface area contributed by atoms with E-state index in [2.05, 4.69) is 0 Å². The highest BCUT2D eigenvalue weighted by atomic mass is 19.1. The Hall–Kier alpha value is -1.98. The summed E-state index contributed by atoms with van der Waals surface area (Å²) in [5, 5.41) is 0. The number of hydrogen-bond acceptors (Lipinski definition) is 2. The van der Waals surface area contributed by atoms with Gasteiger partial charge in [0.05, 0.1) is 0 Å². The number of amides is 2. The maximum absolute atomic E-state index is 13.7. The SMILES string of the molecule is CC(C)(C)C(=O)N1CCN(C(=O)c2c(F)cccc2F)CC1. The van der Waals surface area contributed by atoms with Crippen molar-refractivity contribution in [1.82, 2.24) is 9.80 Å². The van der Waals surface area contributed by atoms with Gasteiger partial charge in [0.1, 0.15) is 17.2 Å². The molecule has 1 aliphatic heterocycles. The molecule has 1 saturated heterocycles. The van der Waals surface area contributed by atoms with Gasteiger partial charge in [-0.05, 0) is 12.1 Å². The van der Waals surface area contributed by atoms with E-state index in [1.807, 2.05) is 20.8 Å². The van der Waals surface area contributed by atoms with Crippen molar-refractivity contribution in [1.29, 1.82) is 0 Å². The van der Waals surface area contributed by atoms with Gasteiger partial charge < -0.3 is 9.80 Å². The van der Waals surface area contributed by atoms with Crippen molar-refractivity contribution in [3.63, 3.8) is 0 Å². The molecule has 6 heteroatoms. The number of halogens is 2. The lowest BCUT2D eigenvalue weighted by Crippen LogP contribution is -2.53. The molecule has 2 amide bonds. The lowest BCUT2D eigenvalue weighted by atomic mass is 9.94. The number of benzene rings is 1. The van der Waals surface area contributed by atoms with Gasteiger partial charge in [0.2, 0.25) is 5.91 Å². The van der Waals surface area contributed by atoms with Crippen LogP contribution in [0.15, 0.2) is 18.2 Å². The van der Waals surface area contributed by atoms with Gasteiger partial charge in [0.25, 0.3) is 5.91 Å². The van der Waals surface area contributed by atoms with E-state index in [-0.39, 0.29) is 19.0 Å². The van der Waals surface area contributed by atoms with E-state index in [0.717, 1.165) is 12.1 Å². The number of hydrogen-bond donors (Lipinski definition) is 0. The molecule has 1 aromatic rings. The number of rotatable bonds is 1. The second-order valence-electron chi connectivity index (χ2n) is 6.43. The highest BCUT2D eigenvalue weighted by Crippen LogP contribution is 2.20. The topological polar surface area (TPSA) is 40.6 Å². The van der Waals surface area contributed by atoms with E-state index >= 15 is 0 Å². The van der Waals surface area contributed by atoms with Gasteiger partial charge in [-0.1, -0.05) is 26.8 Å². The lowest BCUT2D eigenvalue weighted by Gasteiger charge is -2.37. The third-order valence-electron chi connectivity index (χ3n) is 3.67. The Morgan fingerprint density at radius 1 is 0.955 bits per heavy atom. The molecule has 0 bridgehead atoms. The average Bonchev–Trinajstić information content (AvgIpc) is 2.45. The van der Waals surface area contributed by atoms with Gasteiger partial charge in [0.15, 0.2) is 0 Å². The second kappa shape index (κ2) is 6.02. The molecule has 1 aliphatic rings. The summed E-state index contributed by atoms with van der Waals surface area (Å²) in [7, 11) is 0. The van der Waals surface area contributed by atoms with Crippen molar-refractivity contribution in [2.75, 3.05) is 26.2 Å². The fourth-order valence-electron chi connectivity index (χ4n) is 2.45. The third kappa shape index (κ3) is 3.26. The molecule has 4 nitrogen and oxygen atoms in total. The van der Waals surface area contributed by atoms with E-state index < -0.39 is 28.5 Å². The minimum absolute atomic E-state index is 0.0108. The summed E-state index contributed by atoms with van der Waals surface area (Å²) >= 11 is 0. The summed E-state index contributed by atoms with van der Waals surface area (Å²) in [6.07, 6.45) is 0. The summed E-state index contributed by atoms with van der Waals surface area (Å²) in [6.45, 7) is 6.80. The molecule has 22 heavy (non-hydrogen) atoms. The van der Waals surface area contributed by atoms with Gasteiger partial charge in [-0.2, -0.15) is 0 Å². The van der Waals surface area contributed by atoms with Crippen molar-refractivity contribution in [2.24, 2.45) is 5.41 Å². The zero-order valence-corrected chi connectivity index (χ0v) is 13.0. The molecule has 120 valence electrons. The van der Waals surface area contributed by atoms with Crippen LogP contribution in [0.5, 0.6) is 0 Å². The zero-order valence-electron chi connectivity index (χ0n) is 13.0. The van der Waals surface area contributed by atoms with Crippen molar-refractivity contribution in [2.45, 2.75) is 20.8 Å². The average molecular weight is 310 g/mol. The van der Waals surface area contributed by atoms with Gasteiger partial charge in [-0.25, -0.2) is 8.78 Å². The maximum Gasteiger partial charge on any atom is 0.259 e. The van der Waals surface area contributed by atoms with Crippen LogP contribution in [0.2, 0.25) is 0 Å². The first-order chi connectivity index (χ1) is 10.2. The van der Waals surface area contributed by atoms with Crippen LogP contribution >= 0.6 is 0 Å². The number of carbonyl (C=O) groups is 2. The zero-order chi connectivity index (χ0) is 16.5. The van der Waals surface area contributed by atoms with Gasteiger partial charge >= 0.3 is 0 Å². The Morgan fingerprint density at radius 2 is 1.41 bits per heavy atom. The molecule has 0 saturated carbocycles. The van der Waals surface area contributed by atoms with Crippen LogP contribution in [0, 0.1) is 17.0 Å². The van der Waals surface area contributed by atoms with Gasteiger partial charge in [-0.15, -0.1) is 0 Å². The highest BCUT2D eigenvalue weighted by Gasteiger charge is 2.32. The molecular weight excluding hydrogens is 290 g/mol. The third-order valence-corrected chi connectivity index (χ3v) is 3.67. The van der Waals surface area contributed by atoms with Crippen LogP contribution in [0.4, 0.5) is 8.78 Å². The van der Waals surface area contributed by atoms with Crippen molar-refractivity contribution >= 4 is 11.8 Å². The quantitative estimate of drug-likeness (QED) is 0.798. The summed E-state index contributed by atoms with van der Waals surface area (Å²) < 4.78 is 27.3. The smallest absolute Gasteiger partial charge is 0.259 e. The molecule has 0 N–H and O–H groups in total. The Labute approximate surface area is 128 Å². The van der Waals surface area contributed by atoms with E-state index in [1.54, 1.807) is 4.90 Å². The summed E-state index contributed by atoms with van der Waals surface area (Å²) in [6, 6.07) is 3.35. The molecule has 1 fully saturated rings. The predicted octanol–water partition coefficient (Wildman–Crippen LogP) is 2.30. The monoisotopic (exact) mass is 310 g/mol. The summed E-state index contributed by atoms with van der Waals surface area (Å²) in [5.74, 6) is -2.38. The lowest BCUT2D eigenvalue weighted by molar-refractivity contribution is -0.140. The van der Waals surface area contributed by atoms with Crippen LogP contribution in [0.25, 0.3) is 0 Å². The minimum atomic E-state index is -0.863. The highest BCUT2D eigenvalue weighted by molar-refractivity contribution is 5.95. The van der Waals surface area contributed by atoms with Crippen LogP contribution in [-0.2, 0) is 4.79 Å². The largest absolute Gasteiger partial charge is 0.339 e. The molecular formula is C16H20F2N2O2. The summed E-state index contributed by atoms with van der Waals surface area (Å²) in [4.78, 5) is 27.5. The van der Waals surface area contributed by atoms with Gasteiger partial charge in [0, 0.05) is 31.6 Å². The molecule has 0 aromatic heterocycles. The first-order valence-electron chi connectivity index (χ1n) is 7.24. The fraction of sp³-hybridized carbons (Fsp3) is 0.500. The molecule has 0 unspecified atom stereocenters. The Bertz CT molecular complexity index is 568. The van der Waals surface area contributed by atoms with Crippen molar-refractivity contribution in [3.8, 4) is 0 Å².